The van der Waals surface area contributed by atoms with Crippen LogP contribution in [0, 0.1) is 0 Å². The summed E-state index contributed by atoms with van der Waals surface area (Å²) in [6.07, 6.45) is 1.62. The zero-order valence-corrected chi connectivity index (χ0v) is 19.7. The molecule has 0 aliphatic carbocycles. The number of phenolic OH excluding ortho intramolecular Hbond substituents is 1. The molecular formula is C27H28NO6+. The third-order valence-corrected chi connectivity index (χ3v) is 5.77. The average Bonchev–Trinajstić information content (AvgIpc) is 3.16. The maximum atomic E-state index is 13.1. The van der Waals surface area contributed by atoms with Gasteiger partial charge >= 0.3 is 0 Å². The molecule has 1 atom stereocenters. The van der Waals surface area contributed by atoms with Crippen molar-refractivity contribution in [2.24, 2.45) is 0 Å². The molecule has 7 nitrogen and oxygen atoms in total. The lowest BCUT2D eigenvalue weighted by Gasteiger charge is -2.16. The molecule has 0 amide bonds. The van der Waals surface area contributed by atoms with Gasteiger partial charge in [0.2, 0.25) is 5.78 Å². The molecule has 0 saturated heterocycles. The SMILES string of the molecule is COc1cc(OC)c(OC)cc1/C=C1\Oc2c(ccc(O)c2C[NH+](C)Cc2ccccc2)C1=O. The van der Waals surface area contributed by atoms with Gasteiger partial charge in [0.15, 0.2) is 23.0 Å². The van der Waals surface area contributed by atoms with Crippen LogP contribution in [-0.2, 0) is 13.1 Å². The van der Waals surface area contributed by atoms with Crippen molar-refractivity contribution in [3.63, 3.8) is 0 Å². The number of nitrogens with one attached hydrogen (secondary N) is 1. The molecule has 3 aromatic rings. The van der Waals surface area contributed by atoms with Crippen LogP contribution in [0.25, 0.3) is 6.08 Å². The van der Waals surface area contributed by atoms with Gasteiger partial charge in [-0.15, -0.1) is 0 Å². The summed E-state index contributed by atoms with van der Waals surface area (Å²) in [4.78, 5) is 14.3. The van der Waals surface area contributed by atoms with Crippen molar-refractivity contribution in [3.8, 4) is 28.7 Å². The molecule has 176 valence electrons. The first-order valence-electron chi connectivity index (χ1n) is 10.9. The Bertz CT molecular complexity index is 1240. The summed E-state index contributed by atoms with van der Waals surface area (Å²) >= 11 is 0. The Morgan fingerprint density at radius 3 is 2.26 bits per heavy atom. The second kappa shape index (κ2) is 9.89. The molecule has 4 rings (SSSR count). The van der Waals surface area contributed by atoms with Gasteiger partial charge in [-0.2, -0.15) is 0 Å². The third-order valence-electron chi connectivity index (χ3n) is 5.77. The summed E-state index contributed by atoms with van der Waals surface area (Å²) in [5, 5.41) is 10.6. The van der Waals surface area contributed by atoms with Crippen LogP contribution in [0.4, 0.5) is 0 Å². The number of Topliss-reactive ketones (excluding diaryl/α,β-unsaturated/α-hetero) is 1. The van der Waals surface area contributed by atoms with Crippen molar-refractivity contribution in [2.75, 3.05) is 28.4 Å². The minimum atomic E-state index is -0.256. The molecule has 0 spiro atoms. The molecule has 0 saturated carbocycles. The first kappa shape index (κ1) is 23.2. The van der Waals surface area contributed by atoms with E-state index in [1.165, 1.54) is 19.8 Å². The van der Waals surface area contributed by atoms with E-state index in [2.05, 4.69) is 12.1 Å². The number of benzene rings is 3. The summed E-state index contributed by atoms with van der Waals surface area (Å²) in [5.41, 5.74) is 2.81. The molecule has 0 radical (unpaired) electrons. The second-order valence-electron chi connectivity index (χ2n) is 8.13. The number of quaternary nitrogens is 1. The number of ether oxygens (including phenoxy) is 4. The van der Waals surface area contributed by atoms with Crippen molar-refractivity contribution >= 4 is 11.9 Å². The van der Waals surface area contributed by atoms with E-state index in [-0.39, 0.29) is 17.3 Å². The molecule has 7 heteroatoms. The average molecular weight is 463 g/mol. The number of carbonyl (C=O) groups is 1. The normalized spacial score (nSPS) is 14.5. The van der Waals surface area contributed by atoms with Crippen molar-refractivity contribution in [1.82, 2.24) is 0 Å². The van der Waals surface area contributed by atoms with Gasteiger partial charge in [0, 0.05) is 17.2 Å². The molecular weight excluding hydrogens is 434 g/mol. The Kier molecular flexibility index (Phi) is 6.75. The lowest BCUT2D eigenvalue weighted by atomic mass is 10.0. The van der Waals surface area contributed by atoms with Gasteiger partial charge in [-0.25, -0.2) is 0 Å². The second-order valence-corrected chi connectivity index (χ2v) is 8.13. The fourth-order valence-corrected chi connectivity index (χ4v) is 4.08. The van der Waals surface area contributed by atoms with Gasteiger partial charge in [-0.3, -0.25) is 4.79 Å². The zero-order valence-electron chi connectivity index (χ0n) is 19.7. The van der Waals surface area contributed by atoms with E-state index in [9.17, 15) is 9.90 Å². The van der Waals surface area contributed by atoms with Crippen LogP contribution in [0.15, 0.2) is 60.4 Å². The monoisotopic (exact) mass is 462 g/mol. The van der Waals surface area contributed by atoms with Gasteiger partial charge in [-0.1, -0.05) is 30.3 Å². The number of allylic oxidation sites excluding steroid dienone is 1. The Morgan fingerprint density at radius 2 is 1.59 bits per heavy atom. The zero-order chi connectivity index (χ0) is 24.2. The van der Waals surface area contributed by atoms with E-state index in [0.717, 1.165) is 11.4 Å². The molecule has 1 aliphatic rings. The minimum Gasteiger partial charge on any atom is -0.507 e. The topological polar surface area (TPSA) is 78.7 Å². The fraction of sp³-hybridized carbons (Fsp3) is 0.222. The largest absolute Gasteiger partial charge is 0.507 e. The number of fused-ring (bicyclic) bond motifs is 1. The predicted octanol–water partition coefficient (Wildman–Crippen LogP) is 3.25. The molecule has 2 N–H and O–H groups in total. The summed E-state index contributed by atoms with van der Waals surface area (Å²) < 4.78 is 22.2. The lowest BCUT2D eigenvalue weighted by Crippen LogP contribution is -3.06. The Balaban J connectivity index is 1.65. The van der Waals surface area contributed by atoms with Crippen molar-refractivity contribution < 1.29 is 33.7 Å². The smallest absolute Gasteiger partial charge is 0.231 e. The van der Waals surface area contributed by atoms with Crippen molar-refractivity contribution in [2.45, 2.75) is 13.1 Å². The maximum Gasteiger partial charge on any atom is 0.231 e. The van der Waals surface area contributed by atoms with Gasteiger partial charge < -0.3 is 29.0 Å². The first-order chi connectivity index (χ1) is 16.4. The molecule has 0 fully saturated rings. The number of aromatic hydroxyl groups is 1. The van der Waals surface area contributed by atoms with Crippen LogP contribution in [0.2, 0.25) is 0 Å². The summed E-state index contributed by atoms with van der Waals surface area (Å²) in [5.74, 6) is 1.91. The van der Waals surface area contributed by atoms with E-state index in [4.69, 9.17) is 18.9 Å². The fourth-order valence-electron chi connectivity index (χ4n) is 4.08. The number of carbonyl (C=O) groups excluding carboxylic acids is 1. The van der Waals surface area contributed by atoms with E-state index < -0.39 is 0 Å². The standard InChI is InChI=1S/C27H27NO6/c1-28(15-17-8-6-5-7-9-17)16-20-21(29)11-10-19-26(30)25(34-27(19)20)13-18-12-23(32-3)24(33-4)14-22(18)31-2/h5-14,29H,15-16H2,1-4H3/p+1/b25-13-. The van der Waals surface area contributed by atoms with Crippen LogP contribution >= 0.6 is 0 Å². The van der Waals surface area contributed by atoms with E-state index >= 15 is 0 Å². The molecule has 1 aliphatic heterocycles. The molecule has 3 aromatic carbocycles. The number of phenols is 1. The molecule has 1 unspecified atom stereocenters. The summed E-state index contributed by atoms with van der Waals surface area (Å²) in [6.45, 7) is 1.26. The van der Waals surface area contributed by atoms with Gasteiger partial charge in [-0.05, 0) is 24.3 Å². The highest BCUT2D eigenvalue weighted by Crippen LogP contribution is 2.41. The van der Waals surface area contributed by atoms with Gasteiger partial charge in [0.25, 0.3) is 0 Å². The van der Waals surface area contributed by atoms with E-state index in [1.54, 1.807) is 37.5 Å². The summed E-state index contributed by atoms with van der Waals surface area (Å²) in [7, 11) is 6.66. The number of rotatable bonds is 8. The molecule has 0 aromatic heterocycles. The highest BCUT2D eigenvalue weighted by Gasteiger charge is 2.32. The Hall–Kier alpha value is -3.97. The molecule has 1 heterocycles. The summed E-state index contributed by atoms with van der Waals surface area (Å²) in [6, 6.07) is 16.7. The molecule has 0 bridgehead atoms. The van der Waals surface area contributed by atoms with E-state index in [0.29, 0.717) is 46.2 Å². The number of hydrogen-bond acceptors (Lipinski definition) is 6. The van der Waals surface area contributed by atoms with Crippen LogP contribution in [0.3, 0.4) is 0 Å². The van der Waals surface area contributed by atoms with Gasteiger partial charge in [0.05, 0.1) is 39.5 Å². The predicted molar refractivity (Wildman–Crippen MR) is 128 cm³/mol. The number of methoxy groups -OCH3 is 3. The van der Waals surface area contributed by atoms with Crippen LogP contribution in [0.5, 0.6) is 28.7 Å². The highest BCUT2D eigenvalue weighted by atomic mass is 16.5. The van der Waals surface area contributed by atoms with Crippen molar-refractivity contribution in [3.05, 3.63) is 82.6 Å². The van der Waals surface area contributed by atoms with Crippen LogP contribution in [-0.4, -0.2) is 39.3 Å². The first-order valence-corrected chi connectivity index (χ1v) is 10.9. The van der Waals surface area contributed by atoms with Crippen molar-refractivity contribution in [1.29, 1.82) is 0 Å². The van der Waals surface area contributed by atoms with E-state index in [1.807, 2.05) is 25.2 Å². The molecule has 34 heavy (non-hydrogen) atoms. The third kappa shape index (κ3) is 4.56. The number of ketones is 1. The Morgan fingerprint density at radius 1 is 0.912 bits per heavy atom. The maximum absolute atomic E-state index is 13.1. The lowest BCUT2D eigenvalue weighted by molar-refractivity contribution is -0.907. The highest BCUT2D eigenvalue weighted by molar-refractivity contribution is 6.15. The van der Waals surface area contributed by atoms with Gasteiger partial charge in [0.1, 0.15) is 24.6 Å². The minimum absolute atomic E-state index is 0.101. The number of hydrogen-bond donors (Lipinski definition) is 2. The quantitative estimate of drug-likeness (QED) is 0.501. The van der Waals surface area contributed by atoms with Crippen LogP contribution in [0.1, 0.15) is 27.0 Å². The Labute approximate surface area is 198 Å². The van der Waals surface area contributed by atoms with Crippen LogP contribution < -0.4 is 23.8 Å².